The fraction of sp³-hybridized carbons (Fsp3) is 0.280. The Labute approximate surface area is 182 Å². The first kappa shape index (κ1) is 21.0. The fourth-order valence-electron chi connectivity index (χ4n) is 3.82. The molecule has 0 atom stereocenters. The van der Waals surface area contributed by atoms with Crippen molar-refractivity contribution < 1.29 is 9.53 Å². The molecule has 1 N–H and O–H groups in total. The van der Waals surface area contributed by atoms with Crippen LogP contribution in [0.2, 0.25) is 0 Å². The maximum absolute atomic E-state index is 11.7. The van der Waals surface area contributed by atoms with E-state index in [1.54, 1.807) is 19.2 Å². The van der Waals surface area contributed by atoms with E-state index in [0.717, 1.165) is 61.1 Å². The van der Waals surface area contributed by atoms with Crippen molar-refractivity contribution in [2.75, 3.05) is 31.6 Å². The molecule has 4 rings (SSSR count). The van der Waals surface area contributed by atoms with Crippen molar-refractivity contribution in [3.05, 3.63) is 78.3 Å². The predicted octanol–water partition coefficient (Wildman–Crippen LogP) is 4.46. The van der Waals surface area contributed by atoms with Gasteiger partial charge in [0.1, 0.15) is 0 Å². The molecule has 0 spiro atoms. The Bertz CT molecular complexity index is 1110. The molecule has 0 saturated carbocycles. The molecule has 3 aromatic rings. The molecule has 1 aromatic carbocycles. The van der Waals surface area contributed by atoms with E-state index in [-0.39, 0.29) is 5.78 Å². The summed E-state index contributed by atoms with van der Waals surface area (Å²) in [5.41, 5.74) is 5.81. The summed E-state index contributed by atoms with van der Waals surface area (Å²) in [6, 6.07) is 12.5. The predicted molar refractivity (Wildman–Crippen MR) is 124 cm³/mol. The van der Waals surface area contributed by atoms with Gasteiger partial charge in [0, 0.05) is 43.3 Å². The summed E-state index contributed by atoms with van der Waals surface area (Å²) >= 11 is 0. The summed E-state index contributed by atoms with van der Waals surface area (Å²) < 4.78 is 7.43. The van der Waals surface area contributed by atoms with E-state index in [1.807, 2.05) is 41.8 Å². The Morgan fingerprint density at radius 3 is 2.65 bits per heavy atom. The van der Waals surface area contributed by atoms with Crippen LogP contribution in [0.5, 0.6) is 0 Å². The van der Waals surface area contributed by atoms with Crippen LogP contribution < -0.4 is 5.32 Å². The normalized spacial score (nSPS) is 15.6. The lowest BCUT2D eigenvalue weighted by molar-refractivity contribution is -0.112. The number of imidazole rings is 1. The molecule has 2 aromatic heterocycles. The average molecular weight is 417 g/mol. The zero-order chi connectivity index (χ0) is 21.6. The largest absolute Gasteiger partial charge is 0.379 e. The minimum Gasteiger partial charge on any atom is -0.379 e. The zero-order valence-electron chi connectivity index (χ0n) is 18.0. The van der Waals surface area contributed by atoms with Gasteiger partial charge in [-0.2, -0.15) is 0 Å². The minimum atomic E-state index is 0.0146. The van der Waals surface area contributed by atoms with Crippen molar-refractivity contribution >= 4 is 28.4 Å². The van der Waals surface area contributed by atoms with Crippen LogP contribution in [-0.2, 0) is 16.1 Å². The van der Waals surface area contributed by atoms with E-state index in [1.165, 1.54) is 5.56 Å². The SMILES string of the molecule is C/C=C\C(=C/C(C)=O)c1ccc(Nc2ccc(CN3CCOCC3)cc2)c2nccn12. The van der Waals surface area contributed by atoms with E-state index in [0.29, 0.717) is 0 Å². The van der Waals surface area contributed by atoms with Gasteiger partial charge in [0.15, 0.2) is 11.4 Å². The molecule has 1 saturated heterocycles. The highest BCUT2D eigenvalue weighted by molar-refractivity contribution is 5.97. The number of aromatic nitrogens is 2. The number of pyridine rings is 1. The van der Waals surface area contributed by atoms with Crippen LogP contribution in [-0.4, -0.2) is 46.4 Å². The van der Waals surface area contributed by atoms with Gasteiger partial charge in [-0.05, 0) is 49.8 Å². The molecule has 160 valence electrons. The Morgan fingerprint density at radius 2 is 1.94 bits per heavy atom. The van der Waals surface area contributed by atoms with Gasteiger partial charge in [0.2, 0.25) is 0 Å². The number of nitrogens with zero attached hydrogens (tertiary/aromatic N) is 3. The maximum Gasteiger partial charge on any atom is 0.161 e. The first-order valence-electron chi connectivity index (χ1n) is 10.6. The Hall–Kier alpha value is -3.22. The van der Waals surface area contributed by atoms with Crippen LogP contribution in [0.4, 0.5) is 11.4 Å². The molecular formula is C25H28N4O2. The minimum absolute atomic E-state index is 0.0146. The van der Waals surface area contributed by atoms with E-state index in [9.17, 15) is 4.79 Å². The van der Waals surface area contributed by atoms with E-state index in [2.05, 4.69) is 39.5 Å². The number of ketones is 1. The monoisotopic (exact) mass is 416 g/mol. The van der Waals surface area contributed by atoms with Gasteiger partial charge in [-0.25, -0.2) is 4.98 Å². The number of rotatable bonds is 7. The van der Waals surface area contributed by atoms with E-state index >= 15 is 0 Å². The van der Waals surface area contributed by atoms with Crippen molar-refractivity contribution in [1.29, 1.82) is 0 Å². The molecule has 31 heavy (non-hydrogen) atoms. The van der Waals surface area contributed by atoms with Gasteiger partial charge in [-0.15, -0.1) is 0 Å². The topological polar surface area (TPSA) is 58.9 Å². The van der Waals surface area contributed by atoms with Crippen LogP contribution in [0.1, 0.15) is 25.1 Å². The highest BCUT2D eigenvalue weighted by Gasteiger charge is 2.12. The van der Waals surface area contributed by atoms with Gasteiger partial charge >= 0.3 is 0 Å². The third-order valence-corrected chi connectivity index (χ3v) is 5.29. The summed E-state index contributed by atoms with van der Waals surface area (Å²) in [5, 5.41) is 3.48. The number of hydrogen-bond acceptors (Lipinski definition) is 5. The molecule has 0 bridgehead atoms. The molecule has 0 aliphatic carbocycles. The van der Waals surface area contributed by atoms with E-state index in [4.69, 9.17) is 4.74 Å². The molecule has 0 radical (unpaired) electrons. The van der Waals surface area contributed by atoms with Crippen molar-refractivity contribution in [2.24, 2.45) is 0 Å². The van der Waals surface area contributed by atoms with Crippen LogP contribution >= 0.6 is 0 Å². The number of nitrogens with one attached hydrogen (secondary N) is 1. The first-order chi connectivity index (χ1) is 15.1. The number of morpholine rings is 1. The maximum atomic E-state index is 11.7. The summed E-state index contributed by atoms with van der Waals surface area (Å²) in [5.74, 6) is 0.0146. The molecule has 3 heterocycles. The number of hydrogen-bond donors (Lipinski definition) is 1. The quantitative estimate of drug-likeness (QED) is 0.455. The standard InChI is InChI=1S/C25H28N4O2/c1-3-4-21(17-19(2)30)24-10-9-23(25-26-11-12-29(24)25)27-22-7-5-20(6-8-22)18-28-13-15-31-16-14-28/h3-12,17,27H,13-16,18H2,1-2H3/b4-3-,21-17+. The molecule has 1 aliphatic heterocycles. The zero-order valence-corrected chi connectivity index (χ0v) is 18.0. The Morgan fingerprint density at radius 1 is 1.16 bits per heavy atom. The van der Waals surface area contributed by atoms with Crippen molar-refractivity contribution in [1.82, 2.24) is 14.3 Å². The number of allylic oxidation sites excluding steroid dienone is 4. The third-order valence-electron chi connectivity index (χ3n) is 5.29. The van der Waals surface area contributed by atoms with Gasteiger partial charge in [0.25, 0.3) is 0 Å². The third kappa shape index (κ3) is 5.10. The molecular weight excluding hydrogens is 388 g/mol. The summed E-state index contributed by atoms with van der Waals surface area (Å²) in [6.45, 7) is 8.04. The summed E-state index contributed by atoms with van der Waals surface area (Å²) in [4.78, 5) is 18.6. The first-order valence-corrected chi connectivity index (χ1v) is 10.6. The molecule has 0 unspecified atom stereocenters. The van der Waals surface area contributed by atoms with Crippen molar-refractivity contribution in [2.45, 2.75) is 20.4 Å². The van der Waals surface area contributed by atoms with Gasteiger partial charge in [-0.1, -0.05) is 24.3 Å². The second-order valence-electron chi connectivity index (χ2n) is 7.67. The van der Waals surface area contributed by atoms with Gasteiger partial charge in [-0.3, -0.25) is 14.1 Å². The van der Waals surface area contributed by atoms with Crippen LogP contribution in [0.15, 0.2) is 67.0 Å². The molecule has 1 fully saturated rings. The lowest BCUT2D eigenvalue weighted by atomic mass is 10.1. The van der Waals surface area contributed by atoms with Crippen LogP contribution in [0.3, 0.4) is 0 Å². The summed E-state index contributed by atoms with van der Waals surface area (Å²) in [6.07, 6.45) is 9.21. The Kier molecular flexibility index (Phi) is 6.60. The molecule has 6 nitrogen and oxygen atoms in total. The number of anilines is 2. The Balaban J connectivity index is 1.55. The smallest absolute Gasteiger partial charge is 0.161 e. The lowest BCUT2D eigenvalue weighted by Crippen LogP contribution is -2.35. The average Bonchev–Trinajstić information content (AvgIpc) is 3.26. The number of fused-ring (bicyclic) bond motifs is 1. The van der Waals surface area contributed by atoms with Crippen LogP contribution in [0.25, 0.3) is 11.2 Å². The highest BCUT2D eigenvalue weighted by atomic mass is 16.5. The number of carbonyl (C=O) groups is 1. The van der Waals surface area contributed by atoms with Gasteiger partial charge in [0.05, 0.1) is 24.6 Å². The number of ether oxygens (including phenoxy) is 1. The van der Waals surface area contributed by atoms with Crippen LogP contribution in [0, 0.1) is 0 Å². The second-order valence-corrected chi connectivity index (χ2v) is 7.67. The highest BCUT2D eigenvalue weighted by Crippen LogP contribution is 2.26. The molecule has 1 aliphatic rings. The number of carbonyl (C=O) groups excluding carboxylic acids is 1. The summed E-state index contributed by atoms with van der Waals surface area (Å²) in [7, 11) is 0. The lowest BCUT2D eigenvalue weighted by Gasteiger charge is -2.26. The second kappa shape index (κ2) is 9.73. The molecule has 6 heteroatoms. The fourth-order valence-corrected chi connectivity index (χ4v) is 3.82. The van der Waals surface area contributed by atoms with Crippen molar-refractivity contribution in [3.8, 4) is 0 Å². The van der Waals surface area contributed by atoms with Gasteiger partial charge < -0.3 is 10.1 Å². The van der Waals surface area contributed by atoms with Crippen molar-refractivity contribution in [3.63, 3.8) is 0 Å². The molecule has 0 amide bonds. The van der Waals surface area contributed by atoms with E-state index < -0.39 is 0 Å². The number of benzene rings is 1.